The minimum absolute atomic E-state index is 0.123. The number of H-pyrrole nitrogens is 1. The molecule has 4 N–H and O–H groups in total. The Balaban J connectivity index is 1.43. The van der Waals surface area contributed by atoms with Crippen molar-refractivity contribution >= 4 is 29.2 Å². The number of carbonyl (C=O) groups is 1. The molecule has 1 aromatic heterocycles. The van der Waals surface area contributed by atoms with Crippen molar-refractivity contribution in [2.45, 2.75) is 46.2 Å². The van der Waals surface area contributed by atoms with Gasteiger partial charge in [0.05, 0.1) is 11.9 Å². The van der Waals surface area contributed by atoms with Gasteiger partial charge in [-0.15, -0.1) is 0 Å². The number of aromatic amines is 1. The molecule has 3 heterocycles. The van der Waals surface area contributed by atoms with Gasteiger partial charge in [-0.05, 0) is 55.0 Å². The lowest BCUT2D eigenvalue weighted by atomic mass is 9.97. The van der Waals surface area contributed by atoms with E-state index < -0.39 is 0 Å². The van der Waals surface area contributed by atoms with E-state index in [9.17, 15) is 9.59 Å². The second kappa shape index (κ2) is 10.3. The first-order valence-electron chi connectivity index (χ1n) is 11.9. The van der Waals surface area contributed by atoms with Crippen molar-refractivity contribution in [3.05, 3.63) is 64.2 Å². The van der Waals surface area contributed by atoms with Crippen LogP contribution in [0, 0.1) is 5.41 Å². The summed E-state index contributed by atoms with van der Waals surface area (Å²) in [5, 5.41) is 9.55. The van der Waals surface area contributed by atoms with Gasteiger partial charge in [0, 0.05) is 48.9 Å². The molecule has 1 amide bonds. The predicted octanol–water partition coefficient (Wildman–Crippen LogP) is 3.55. The molecule has 0 saturated carbocycles. The van der Waals surface area contributed by atoms with Gasteiger partial charge >= 0.3 is 0 Å². The molecule has 1 saturated heterocycles. The van der Waals surface area contributed by atoms with Crippen LogP contribution in [0.5, 0.6) is 0 Å². The van der Waals surface area contributed by atoms with Gasteiger partial charge in [0.25, 0.3) is 11.5 Å². The van der Waals surface area contributed by atoms with Crippen molar-refractivity contribution in [1.82, 2.24) is 15.6 Å². The number of anilines is 2. The molecule has 4 rings (SSSR count). The third-order valence-electron chi connectivity index (χ3n) is 5.92. The smallest absolute Gasteiger partial charge is 0.271 e. The molecule has 0 spiro atoms. The normalized spacial score (nSPS) is 18.3. The fraction of sp³-hybridized carbons (Fsp3) is 0.423. The Bertz CT molecular complexity index is 1120. The van der Waals surface area contributed by atoms with Crippen LogP contribution in [-0.2, 0) is 0 Å². The van der Waals surface area contributed by atoms with Gasteiger partial charge in [-0.25, -0.2) is 0 Å². The van der Waals surface area contributed by atoms with Crippen LogP contribution in [0.4, 0.5) is 11.4 Å². The van der Waals surface area contributed by atoms with Crippen molar-refractivity contribution in [3.8, 4) is 0 Å². The number of pyridine rings is 1. The van der Waals surface area contributed by atoms with E-state index >= 15 is 0 Å². The van der Waals surface area contributed by atoms with Gasteiger partial charge in [-0.1, -0.05) is 20.8 Å². The van der Waals surface area contributed by atoms with E-state index in [1.807, 2.05) is 24.3 Å². The van der Waals surface area contributed by atoms with Crippen molar-refractivity contribution in [2.75, 3.05) is 29.9 Å². The van der Waals surface area contributed by atoms with Gasteiger partial charge in [-0.2, -0.15) is 0 Å². The number of benzene rings is 1. The number of hydrogen-bond acceptors (Lipinski definition) is 6. The highest BCUT2D eigenvalue weighted by Gasteiger charge is 2.18. The molecule has 1 fully saturated rings. The van der Waals surface area contributed by atoms with Crippen LogP contribution in [0.25, 0.3) is 5.70 Å². The number of aromatic nitrogens is 1. The van der Waals surface area contributed by atoms with Crippen LogP contribution in [0.1, 0.15) is 56.0 Å². The van der Waals surface area contributed by atoms with E-state index in [0.717, 1.165) is 36.6 Å². The number of carbonyl (C=O) groups excluding carboxylic acids is 1. The summed E-state index contributed by atoms with van der Waals surface area (Å²) in [4.78, 5) is 34.6. The number of nitrogens with one attached hydrogen (secondary N) is 4. The Morgan fingerprint density at radius 1 is 1.15 bits per heavy atom. The largest absolute Gasteiger partial charge is 0.372 e. The van der Waals surface area contributed by atoms with Crippen molar-refractivity contribution in [1.29, 1.82) is 0 Å². The number of nitrogens with zero attached hydrogens (tertiary/aromatic N) is 2. The summed E-state index contributed by atoms with van der Waals surface area (Å²) < 4.78 is 0. The Morgan fingerprint density at radius 2 is 1.88 bits per heavy atom. The topological polar surface area (TPSA) is 102 Å². The van der Waals surface area contributed by atoms with E-state index in [4.69, 9.17) is 0 Å². The number of piperidine rings is 1. The zero-order chi connectivity index (χ0) is 24.1. The van der Waals surface area contributed by atoms with Crippen LogP contribution < -0.4 is 26.4 Å². The summed E-state index contributed by atoms with van der Waals surface area (Å²) in [6.07, 6.45) is 8.67. The molecule has 0 aliphatic carbocycles. The molecule has 1 atom stereocenters. The zero-order valence-corrected chi connectivity index (χ0v) is 20.1. The van der Waals surface area contributed by atoms with Crippen molar-refractivity contribution in [2.24, 2.45) is 10.4 Å². The van der Waals surface area contributed by atoms with E-state index in [0.29, 0.717) is 5.56 Å². The Labute approximate surface area is 200 Å². The maximum absolute atomic E-state index is 12.8. The van der Waals surface area contributed by atoms with Crippen LogP contribution in [0.2, 0.25) is 0 Å². The fourth-order valence-electron chi connectivity index (χ4n) is 4.03. The molecule has 34 heavy (non-hydrogen) atoms. The van der Waals surface area contributed by atoms with Crippen LogP contribution in [-0.4, -0.2) is 42.9 Å². The van der Waals surface area contributed by atoms with Crippen molar-refractivity contribution in [3.63, 3.8) is 0 Å². The Kier molecular flexibility index (Phi) is 7.17. The predicted molar refractivity (Wildman–Crippen MR) is 138 cm³/mol. The lowest BCUT2D eigenvalue weighted by Gasteiger charge is -2.28. The lowest BCUT2D eigenvalue weighted by Crippen LogP contribution is -2.46. The number of amides is 1. The average Bonchev–Trinajstić information content (AvgIpc) is 2.84. The van der Waals surface area contributed by atoms with E-state index in [1.165, 1.54) is 19.3 Å². The second-order valence-electron chi connectivity index (χ2n) is 10.1. The van der Waals surface area contributed by atoms with Gasteiger partial charge in [0.1, 0.15) is 11.9 Å². The molecular weight excluding hydrogens is 428 g/mol. The first-order valence-corrected chi connectivity index (χ1v) is 11.9. The van der Waals surface area contributed by atoms with Crippen LogP contribution >= 0.6 is 0 Å². The molecule has 180 valence electrons. The van der Waals surface area contributed by atoms with Gasteiger partial charge < -0.3 is 20.5 Å². The maximum atomic E-state index is 12.8. The number of hydrogen-bond donors (Lipinski definition) is 4. The standard InChI is InChI=1S/C26H34N6O2/c1-26(2,3)17-29-23-16-27-15-22(30-23)19-13-21(25(34)28-14-19)31-24(33)18-7-9-20(10-8-18)32-11-5-4-6-12-32/h7-10,13-16,23,29-30H,4-6,11-12,17H2,1-3H3,(H,28,34)(H,31,33). The second-order valence-corrected chi connectivity index (χ2v) is 10.1. The molecule has 0 radical (unpaired) electrons. The minimum atomic E-state index is -0.357. The molecule has 1 unspecified atom stereocenters. The average molecular weight is 463 g/mol. The van der Waals surface area contributed by atoms with Gasteiger partial charge in [0.15, 0.2) is 0 Å². The monoisotopic (exact) mass is 462 g/mol. The molecule has 8 nitrogen and oxygen atoms in total. The summed E-state index contributed by atoms with van der Waals surface area (Å²) in [5.41, 5.74) is 3.10. The highest BCUT2D eigenvalue weighted by molar-refractivity contribution is 6.04. The molecular formula is C26H34N6O2. The summed E-state index contributed by atoms with van der Waals surface area (Å²) in [5.74, 6) is -0.318. The van der Waals surface area contributed by atoms with Crippen molar-refractivity contribution < 1.29 is 4.79 Å². The molecule has 8 heteroatoms. The lowest BCUT2D eigenvalue weighted by molar-refractivity contribution is 0.102. The number of rotatable bonds is 6. The minimum Gasteiger partial charge on any atom is -0.372 e. The Morgan fingerprint density at radius 3 is 2.59 bits per heavy atom. The first kappa shape index (κ1) is 23.8. The molecule has 0 bridgehead atoms. The third-order valence-corrected chi connectivity index (χ3v) is 5.92. The summed E-state index contributed by atoms with van der Waals surface area (Å²) in [7, 11) is 0. The molecule has 1 aromatic carbocycles. The van der Waals surface area contributed by atoms with Gasteiger partial charge in [0.2, 0.25) is 0 Å². The molecule has 2 aliphatic rings. The summed E-state index contributed by atoms with van der Waals surface area (Å²) >= 11 is 0. The highest BCUT2D eigenvalue weighted by atomic mass is 16.2. The molecule has 2 aliphatic heterocycles. The van der Waals surface area contributed by atoms with E-state index in [-0.39, 0.29) is 28.7 Å². The maximum Gasteiger partial charge on any atom is 0.271 e. The zero-order valence-electron chi connectivity index (χ0n) is 20.1. The Hall–Kier alpha value is -3.39. The SMILES string of the molecule is CC(C)(C)CNC1C=NC=C(c2c[nH]c(=O)c(NC(=O)c3ccc(N4CCCCC4)cc3)c2)N1. The first-order chi connectivity index (χ1) is 16.3. The number of aliphatic imine (C=N–C) groups is 1. The van der Waals surface area contributed by atoms with E-state index in [2.05, 4.69) is 51.6 Å². The van der Waals surface area contributed by atoms with E-state index in [1.54, 1.807) is 24.7 Å². The quantitative estimate of drug-likeness (QED) is 0.526. The summed E-state index contributed by atoms with van der Waals surface area (Å²) in [6.45, 7) is 9.40. The fourth-order valence-corrected chi connectivity index (χ4v) is 4.03. The highest BCUT2D eigenvalue weighted by Crippen LogP contribution is 2.21. The molecule has 2 aromatic rings. The van der Waals surface area contributed by atoms with Crippen LogP contribution in [0.3, 0.4) is 0 Å². The summed E-state index contributed by atoms with van der Waals surface area (Å²) in [6, 6.07) is 9.23. The van der Waals surface area contributed by atoms with Gasteiger partial charge in [-0.3, -0.25) is 19.9 Å². The van der Waals surface area contributed by atoms with Crippen LogP contribution in [0.15, 0.2) is 52.5 Å². The third kappa shape index (κ3) is 6.14.